The van der Waals surface area contributed by atoms with E-state index < -0.39 is 0 Å². The highest BCUT2D eigenvalue weighted by Crippen LogP contribution is 2.15. The van der Waals surface area contributed by atoms with E-state index in [1.54, 1.807) is 12.1 Å². The quantitative estimate of drug-likeness (QED) is 0.876. The van der Waals surface area contributed by atoms with Gasteiger partial charge in [0.1, 0.15) is 5.82 Å². The van der Waals surface area contributed by atoms with Gasteiger partial charge in [0.25, 0.3) is 0 Å². The summed E-state index contributed by atoms with van der Waals surface area (Å²) in [5.74, 6) is -0.247. The third kappa shape index (κ3) is 3.70. The van der Waals surface area contributed by atoms with Crippen molar-refractivity contribution in [2.45, 2.75) is 13.1 Å². The Morgan fingerprint density at radius 2 is 1.56 bits per heavy atom. The van der Waals surface area contributed by atoms with Gasteiger partial charge >= 0.3 is 0 Å². The van der Waals surface area contributed by atoms with E-state index in [9.17, 15) is 4.39 Å². The number of halogens is 3. The van der Waals surface area contributed by atoms with Crippen LogP contribution in [-0.4, -0.2) is 0 Å². The second kappa shape index (κ2) is 6.19. The van der Waals surface area contributed by atoms with Crippen molar-refractivity contribution < 1.29 is 4.39 Å². The van der Waals surface area contributed by atoms with Crippen LogP contribution in [0.1, 0.15) is 11.1 Å². The first-order chi connectivity index (χ1) is 8.65. The Balaban J connectivity index is 1.92. The summed E-state index contributed by atoms with van der Waals surface area (Å²) >= 11 is 11.6. The summed E-state index contributed by atoms with van der Waals surface area (Å²) in [6.45, 7) is 1.10. The average Bonchev–Trinajstić information content (AvgIpc) is 2.36. The van der Waals surface area contributed by atoms with Crippen LogP contribution in [0.15, 0.2) is 42.5 Å². The molecule has 2 aromatic carbocycles. The number of benzene rings is 2. The van der Waals surface area contributed by atoms with Crippen LogP contribution in [0.5, 0.6) is 0 Å². The fraction of sp³-hybridized carbons (Fsp3) is 0.143. The Bertz CT molecular complexity index is 526. The molecule has 4 heteroatoms. The molecule has 0 amide bonds. The Labute approximate surface area is 116 Å². The van der Waals surface area contributed by atoms with Crippen LogP contribution in [0, 0.1) is 5.82 Å². The highest BCUT2D eigenvalue weighted by Gasteiger charge is 2.02. The highest BCUT2D eigenvalue weighted by molar-refractivity contribution is 6.30. The maximum absolute atomic E-state index is 13.4. The molecule has 2 rings (SSSR count). The molecule has 0 aliphatic rings. The fourth-order valence-electron chi connectivity index (χ4n) is 1.62. The van der Waals surface area contributed by atoms with Crippen LogP contribution in [-0.2, 0) is 13.1 Å². The third-order valence-corrected chi connectivity index (χ3v) is 3.05. The standard InChI is InChI=1S/C14H12Cl2FN/c15-12-3-1-10(2-4-12)8-18-9-11-7-13(16)5-6-14(11)17/h1-7,18H,8-9H2. The third-order valence-electron chi connectivity index (χ3n) is 2.57. The average molecular weight is 284 g/mol. The van der Waals surface area contributed by atoms with E-state index in [1.165, 1.54) is 6.07 Å². The summed E-state index contributed by atoms with van der Waals surface area (Å²) in [7, 11) is 0. The van der Waals surface area contributed by atoms with E-state index in [1.807, 2.05) is 24.3 Å². The molecule has 0 saturated heterocycles. The molecule has 0 fully saturated rings. The molecule has 0 aromatic heterocycles. The Kier molecular flexibility index (Phi) is 4.59. The minimum atomic E-state index is -0.247. The van der Waals surface area contributed by atoms with Gasteiger partial charge < -0.3 is 5.32 Å². The minimum Gasteiger partial charge on any atom is -0.309 e. The van der Waals surface area contributed by atoms with Crippen molar-refractivity contribution in [1.82, 2.24) is 5.32 Å². The normalized spacial score (nSPS) is 10.6. The molecule has 0 heterocycles. The molecule has 0 aliphatic heterocycles. The fourth-order valence-corrected chi connectivity index (χ4v) is 1.94. The Morgan fingerprint density at radius 3 is 2.28 bits per heavy atom. The summed E-state index contributed by atoms with van der Waals surface area (Å²) in [6.07, 6.45) is 0. The van der Waals surface area contributed by atoms with Gasteiger partial charge in [-0.1, -0.05) is 35.3 Å². The van der Waals surface area contributed by atoms with Gasteiger partial charge in [-0.25, -0.2) is 4.39 Å². The molecule has 0 bridgehead atoms. The van der Waals surface area contributed by atoms with Gasteiger partial charge in [0, 0.05) is 28.7 Å². The van der Waals surface area contributed by atoms with Crippen molar-refractivity contribution in [3.63, 3.8) is 0 Å². The van der Waals surface area contributed by atoms with Crippen LogP contribution < -0.4 is 5.32 Å². The van der Waals surface area contributed by atoms with Crippen LogP contribution in [0.3, 0.4) is 0 Å². The van der Waals surface area contributed by atoms with Crippen molar-refractivity contribution in [3.8, 4) is 0 Å². The SMILES string of the molecule is Fc1ccc(Cl)cc1CNCc1ccc(Cl)cc1. The molecule has 0 spiro atoms. The predicted octanol–water partition coefficient (Wildman–Crippen LogP) is 4.42. The zero-order valence-corrected chi connectivity index (χ0v) is 11.1. The van der Waals surface area contributed by atoms with Gasteiger partial charge in [-0.2, -0.15) is 0 Å². The molecule has 18 heavy (non-hydrogen) atoms. The number of hydrogen-bond acceptors (Lipinski definition) is 1. The summed E-state index contributed by atoms with van der Waals surface area (Å²) < 4.78 is 13.4. The van der Waals surface area contributed by atoms with Crippen LogP contribution >= 0.6 is 23.2 Å². The van der Waals surface area contributed by atoms with Crippen molar-refractivity contribution >= 4 is 23.2 Å². The van der Waals surface area contributed by atoms with Crippen LogP contribution in [0.4, 0.5) is 4.39 Å². The smallest absolute Gasteiger partial charge is 0.127 e. The van der Waals surface area contributed by atoms with Gasteiger partial charge in [0.2, 0.25) is 0 Å². The molecule has 94 valence electrons. The van der Waals surface area contributed by atoms with Crippen molar-refractivity contribution in [2.75, 3.05) is 0 Å². The lowest BCUT2D eigenvalue weighted by atomic mass is 10.2. The van der Waals surface area contributed by atoms with Crippen molar-refractivity contribution in [3.05, 3.63) is 69.5 Å². The molecule has 2 aromatic rings. The molecule has 0 aliphatic carbocycles. The summed E-state index contributed by atoms with van der Waals surface area (Å²) in [5.41, 5.74) is 1.67. The maximum atomic E-state index is 13.4. The zero-order chi connectivity index (χ0) is 13.0. The molecule has 0 radical (unpaired) electrons. The van der Waals surface area contributed by atoms with Gasteiger partial charge in [0.05, 0.1) is 0 Å². The molecule has 0 atom stereocenters. The molecular weight excluding hydrogens is 272 g/mol. The van der Waals surface area contributed by atoms with Gasteiger partial charge in [-0.05, 0) is 35.9 Å². The predicted molar refractivity (Wildman–Crippen MR) is 73.4 cm³/mol. The summed E-state index contributed by atoms with van der Waals surface area (Å²) in [4.78, 5) is 0. The second-order valence-corrected chi connectivity index (χ2v) is 4.84. The molecule has 1 nitrogen and oxygen atoms in total. The van der Waals surface area contributed by atoms with E-state index in [0.29, 0.717) is 28.7 Å². The van der Waals surface area contributed by atoms with Crippen molar-refractivity contribution in [1.29, 1.82) is 0 Å². The lowest BCUT2D eigenvalue weighted by Gasteiger charge is -2.07. The van der Waals surface area contributed by atoms with E-state index in [4.69, 9.17) is 23.2 Å². The highest BCUT2D eigenvalue weighted by atomic mass is 35.5. The van der Waals surface area contributed by atoms with Crippen molar-refractivity contribution in [2.24, 2.45) is 0 Å². The Morgan fingerprint density at radius 1 is 0.889 bits per heavy atom. The first-order valence-electron chi connectivity index (χ1n) is 5.54. The largest absolute Gasteiger partial charge is 0.309 e. The first-order valence-corrected chi connectivity index (χ1v) is 6.30. The van der Waals surface area contributed by atoms with Gasteiger partial charge in [-0.3, -0.25) is 0 Å². The van der Waals surface area contributed by atoms with E-state index in [0.717, 1.165) is 5.56 Å². The molecular formula is C14H12Cl2FN. The van der Waals surface area contributed by atoms with E-state index in [2.05, 4.69) is 5.32 Å². The lowest BCUT2D eigenvalue weighted by molar-refractivity contribution is 0.588. The Hall–Kier alpha value is -1.09. The summed E-state index contributed by atoms with van der Waals surface area (Å²) in [5, 5.41) is 4.41. The zero-order valence-electron chi connectivity index (χ0n) is 9.59. The maximum Gasteiger partial charge on any atom is 0.127 e. The van der Waals surface area contributed by atoms with Crippen LogP contribution in [0.25, 0.3) is 0 Å². The molecule has 1 N–H and O–H groups in total. The number of rotatable bonds is 4. The lowest BCUT2D eigenvalue weighted by Crippen LogP contribution is -2.13. The van der Waals surface area contributed by atoms with Gasteiger partial charge in [0.15, 0.2) is 0 Å². The summed E-state index contributed by atoms with van der Waals surface area (Å²) in [6, 6.07) is 12.1. The minimum absolute atomic E-state index is 0.247. The molecule has 0 saturated carbocycles. The second-order valence-electron chi connectivity index (χ2n) is 3.97. The topological polar surface area (TPSA) is 12.0 Å². The number of nitrogens with one attached hydrogen (secondary N) is 1. The van der Waals surface area contributed by atoms with Crippen LogP contribution in [0.2, 0.25) is 10.0 Å². The van der Waals surface area contributed by atoms with E-state index in [-0.39, 0.29) is 5.82 Å². The monoisotopic (exact) mass is 283 g/mol. The van der Waals surface area contributed by atoms with E-state index >= 15 is 0 Å². The first kappa shape index (κ1) is 13.3. The number of hydrogen-bond donors (Lipinski definition) is 1. The molecule has 0 unspecified atom stereocenters. The van der Waals surface area contributed by atoms with Gasteiger partial charge in [-0.15, -0.1) is 0 Å².